The fourth-order valence-electron chi connectivity index (χ4n) is 1.77. The molecule has 7 heteroatoms. The maximum atomic E-state index is 11.6. The molecule has 0 radical (unpaired) electrons. The molecule has 0 spiro atoms. The molecule has 2 amide bonds. The number of aromatic nitrogens is 3. The Morgan fingerprint density at radius 3 is 2.76 bits per heavy atom. The molecule has 1 aliphatic heterocycles. The van der Waals surface area contributed by atoms with Gasteiger partial charge in [0.2, 0.25) is 11.8 Å². The van der Waals surface area contributed by atoms with Crippen LogP contribution < -0.4 is 5.32 Å². The van der Waals surface area contributed by atoms with Gasteiger partial charge in [-0.25, -0.2) is 4.98 Å². The monoisotopic (exact) mass is 237 g/mol. The second-order valence-electron chi connectivity index (χ2n) is 4.09. The number of likely N-dealkylation sites (N-methyl/N-ethyl adjacent to an activating group) is 1. The number of likely N-dealkylation sites (tertiary alicyclic amines) is 1. The van der Waals surface area contributed by atoms with Crippen molar-refractivity contribution in [3.63, 3.8) is 0 Å². The van der Waals surface area contributed by atoms with Crippen LogP contribution in [0.3, 0.4) is 0 Å². The van der Waals surface area contributed by atoms with Crippen LogP contribution in [0.2, 0.25) is 0 Å². The van der Waals surface area contributed by atoms with E-state index in [0.717, 1.165) is 10.7 Å². The van der Waals surface area contributed by atoms with E-state index in [9.17, 15) is 9.59 Å². The normalized spacial score (nSPS) is 20.4. The molecular weight excluding hydrogens is 222 g/mol. The highest BCUT2D eigenvalue weighted by Gasteiger charge is 2.35. The van der Waals surface area contributed by atoms with E-state index in [1.807, 2.05) is 0 Å². The molecule has 2 heterocycles. The molecule has 92 valence electrons. The van der Waals surface area contributed by atoms with E-state index in [2.05, 4.69) is 15.4 Å². The molecule has 0 aliphatic carbocycles. The number of nitrogens with one attached hydrogen (secondary N) is 1. The third-order valence-corrected chi connectivity index (χ3v) is 2.77. The van der Waals surface area contributed by atoms with Gasteiger partial charge < -0.3 is 5.32 Å². The molecule has 1 aliphatic rings. The van der Waals surface area contributed by atoms with Gasteiger partial charge in [-0.05, 0) is 0 Å². The van der Waals surface area contributed by atoms with Gasteiger partial charge in [-0.1, -0.05) is 0 Å². The highest BCUT2D eigenvalue weighted by molar-refractivity contribution is 6.05. The van der Waals surface area contributed by atoms with Crippen molar-refractivity contribution in [3.8, 4) is 0 Å². The van der Waals surface area contributed by atoms with Crippen LogP contribution in [0.4, 0.5) is 0 Å². The van der Waals surface area contributed by atoms with Crippen molar-refractivity contribution in [2.24, 2.45) is 7.05 Å². The first-order valence-corrected chi connectivity index (χ1v) is 5.46. The predicted octanol–water partition coefficient (Wildman–Crippen LogP) is -1.30. The van der Waals surface area contributed by atoms with Crippen LogP contribution in [-0.4, -0.2) is 51.1 Å². The van der Waals surface area contributed by atoms with E-state index in [-0.39, 0.29) is 18.2 Å². The molecule has 1 aromatic heterocycles. The zero-order valence-electron chi connectivity index (χ0n) is 9.88. The molecule has 1 saturated heterocycles. The predicted molar refractivity (Wildman–Crippen MR) is 58.9 cm³/mol. The molecule has 0 bridgehead atoms. The van der Waals surface area contributed by atoms with E-state index < -0.39 is 6.04 Å². The number of carbonyl (C=O) groups is 2. The molecule has 0 saturated carbocycles. The molecule has 1 fully saturated rings. The lowest BCUT2D eigenvalue weighted by atomic mass is 10.2. The largest absolute Gasteiger partial charge is 0.305 e. The van der Waals surface area contributed by atoms with Crippen LogP contribution in [0.15, 0.2) is 6.33 Å². The number of imide groups is 1. The lowest BCUT2D eigenvalue weighted by Gasteiger charge is -2.09. The minimum Gasteiger partial charge on any atom is -0.305 e. The molecule has 1 N–H and O–H groups in total. The van der Waals surface area contributed by atoms with Crippen LogP contribution in [0.25, 0.3) is 0 Å². The average molecular weight is 237 g/mol. The second-order valence-corrected chi connectivity index (χ2v) is 4.09. The SMILES string of the molecule is CN1C(=O)CC(NCCc2ncn(C)n2)C1=O. The van der Waals surface area contributed by atoms with Gasteiger partial charge in [0.1, 0.15) is 6.33 Å². The zero-order valence-corrected chi connectivity index (χ0v) is 9.88. The Bertz CT molecular complexity index is 442. The molecule has 2 rings (SSSR count). The minimum absolute atomic E-state index is 0.136. The third kappa shape index (κ3) is 2.50. The van der Waals surface area contributed by atoms with Gasteiger partial charge in [0.05, 0.1) is 12.5 Å². The van der Waals surface area contributed by atoms with E-state index in [1.165, 1.54) is 7.05 Å². The minimum atomic E-state index is -0.392. The Hall–Kier alpha value is -1.76. The van der Waals surface area contributed by atoms with Crippen molar-refractivity contribution in [1.82, 2.24) is 25.0 Å². The van der Waals surface area contributed by atoms with Crippen molar-refractivity contribution >= 4 is 11.8 Å². The zero-order chi connectivity index (χ0) is 12.4. The number of carbonyl (C=O) groups excluding carboxylic acids is 2. The Balaban J connectivity index is 1.80. The summed E-state index contributed by atoms with van der Waals surface area (Å²) in [6.07, 6.45) is 2.51. The van der Waals surface area contributed by atoms with Gasteiger partial charge in [-0.15, -0.1) is 0 Å². The summed E-state index contributed by atoms with van der Waals surface area (Å²) in [7, 11) is 3.31. The van der Waals surface area contributed by atoms with Gasteiger partial charge in [0.25, 0.3) is 0 Å². The van der Waals surface area contributed by atoms with Crippen LogP contribution in [-0.2, 0) is 23.1 Å². The highest BCUT2D eigenvalue weighted by atomic mass is 16.2. The van der Waals surface area contributed by atoms with Crippen LogP contribution in [0.5, 0.6) is 0 Å². The van der Waals surface area contributed by atoms with Gasteiger partial charge in [0, 0.05) is 27.1 Å². The van der Waals surface area contributed by atoms with Crippen LogP contribution >= 0.6 is 0 Å². The summed E-state index contributed by atoms with van der Waals surface area (Å²) < 4.78 is 1.63. The van der Waals surface area contributed by atoms with Gasteiger partial charge in [-0.2, -0.15) is 5.10 Å². The summed E-state index contributed by atoms with van der Waals surface area (Å²) in [6, 6.07) is -0.392. The Morgan fingerprint density at radius 2 is 2.24 bits per heavy atom. The summed E-state index contributed by atoms with van der Waals surface area (Å²) >= 11 is 0. The number of aryl methyl sites for hydroxylation is 1. The summed E-state index contributed by atoms with van der Waals surface area (Å²) in [6.45, 7) is 0.585. The maximum absolute atomic E-state index is 11.6. The van der Waals surface area contributed by atoms with Crippen molar-refractivity contribution in [2.45, 2.75) is 18.9 Å². The third-order valence-electron chi connectivity index (χ3n) is 2.77. The van der Waals surface area contributed by atoms with Gasteiger partial charge in [-0.3, -0.25) is 19.2 Å². The quantitative estimate of drug-likeness (QED) is 0.659. The van der Waals surface area contributed by atoms with Crippen LogP contribution in [0.1, 0.15) is 12.2 Å². The van der Waals surface area contributed by atoms with Crippen molar-refractivity contribution in [1.29, 1.82) is 0 Å². The molecule has 1 unspecified atom stereocenters. The Labute approximate surface area is 98.8 Å². The smallest absolute Gasteiger partial charge is 0.246 e. The van der Waals surface area contributed by atoms with Crippen molar-refractivity contribution < 1.29 is 9.59 Å². The molecular formula is C10H15N5O2. The van der Waals surface area contributed by atoms with Crippen molar-refractivity contribution in [2.75, 3.05) is 13.6 Å². The van der Waals surface area contributed by atoms with E-state index in [0.29, 0.717) is 13.0 Å². The molecule has 7 nitrogen and oxygen atoms in total. The first-order chi connectivity index (χ1) is 8.08. The molecule has 1 atom stereocenters. The Morgan fingerprint density at radius 1 is 1.47 bits per heavy atom. The van der Waals surface area contributed by atoms with Gasteiger partial charge >= 0.3 is 0 Å². The summed E-state index contributed by atoms with van der Waals surface area (Å²) in [5, 5.41) is 7.18. The fraction of sp³-hybridized carbons (Fsp3) is 0.600. The maximum Gasteiger partial charge on any atom is 0.246 e. The number of nitrogens with zero attached hydrogens (tertiary/aromatic N) is 4. The van der Waals surface area contributed by atoms with E-state index in [4.69, 9.17) is 0 Å². The van der Waals surface area contributed by atoms with Crippen LogP contribution in [0, 0.1) is 0 Å². The standard InChI is InChI=1S/C10H15N5O2/c1-14-6-12-8(13-14)3-4-11-7-5-9(16)15(2)10(7)17/h6-7,11H,3-5H2,1-2H3. The Kier molecular flexibility index (Phi) is 3.19. The van der Waals surface area contributed by atoms with Gasteiger partial charge in [0.15, 0.2) is 5.82 Å². The lowest BCUT2D eigenvalue weighted by Crippen LogP contribution is -2.38. The number of rotatable bonds is 4. The first-order valence-electron chi connectivity index (χ1n) is 5.46. The average Bonchev–Trinajstić information content (AvgIpc) is 2.80. The lowest BCUT2D eigenvalue weighted by molar-refractivity contribution is -0.137. The molecule has 1 aromatic rings. The topological polar surface area (TPSA) is 80.1 Å². The van der Waals surface area contributed by atoms with Crippen molar-refractivity contribution in [3.05, 3.63) is 12.2 Å². The summed E-state index contributed by atoms with van der Waals surface area (Å²) in [5.41, 5.74) is 0. The molecule has 0 aromatic carbocycles. The number of hydrogen-bond acceptors (Lipinski definition) is 5. The highest BCUT2D eigenvalue weighted by Crippen LogP contribution is 2.10. The second kappa shape index (κ2) is 4.62. The van der Waals surface area contributed by atoms with E-state index >= 15 is 0 Å². The molecule has 17 heavy (non-hydrogen) atoms. The van der Waals surface area contributed by atoms with E-state index in [1.54, 1.807) is 18.1 Å². The summed E-state index contributed by atoms with van der Waals surface area (Å²) in [4.78, 5) is 28.1. The fourth-order valence-corrected chi connectivity index (χ4v) is 1.77. The summed E-state index contributed by atoms with van der Waals surface area (Å²) in [5.74, 6) is 0.428. The number of hydrogen-bond donors (Lipinski definition) is 1. The number of amides is 2. The first kappa shape index (κ1) is 11.7.